The predicted molar refractivity (Wildman–Crippen MR) is 141 cm³/mol. The Morgan fingerprint density at radius 2 is 1.76 bits per heavy atom. The van der Waals surface area contributed by atoms with Crippen molar-refractivity contribution >= 4 is 12.1 Å². The maximum Gasteiger partial charge on any atom is 0.508 e. The number of carboxylic acid groups (broad SMARTS) is 1. The number of methoxy groups -OCH3 is 1. The standard InChI is InChI=1S/C29H37NO8/c1-4-6-20-23(12-9-19-10-14-25(37-26(19)20)38-29(32)33)35-15-5-16-36-24-13-11-21(28(31)30-2)27(34-3)22(24)17-18-7-8-18/h9,11-13,18,25H,4-8,10,14-17H2,1-3H3,(H,30,31)(H,32,33). The van der Waals surface area contributed by atoms with Gasteiger partial charge in [-0.3, -0.25) is 4.79 Å². The number of rotatable bonds is 13. The van der Waals surface area contributed by atoms with E-state index in [9.17, 15) is 9.59 Å². The van der Waals surface area contributed by atoms with Crippen LogP contribution in [0.1, 0.15) is 66.1 Å². The summed E-state index contributed by atoms with van der Waals surface area (Å²) < 4.78 is 28.7. The second-order valence-electron chi connectivity index (χ2n) is 9.65. The average Bonchev–Trinajstić information content (AvgIpc) is 3.73. The number of fused-ring (bicyclic) bond motifs is 1. The summed E-state index contributed by atoms with van der Waals surface area (Å²) in [7, 11) is 3.19. The highest BCUT2D eigenvalue weighted by Crippen LogP contribution is 2.41. The van der Waals surface area contributed by atoms with Gasteiger partial charge in [-0.25, -0.2) is 4.79 Å². The smallest absolute Gasteiger partial charge is 0.495 e. The first-order valence-corrected chi connectivity index (χ1v) is 13.3. The van der Waals surface area contributed by atoms with Gasteiger partial charge in [0.05, 0.1) is 25.9 Å². The van der Waals surface area contributed by atoms with Crippen LogP contribution in [-0.2, 0) is 24.0 Å². The van der Waals surface area contributed by atoms with Gasteiger partial charge in [-0.05, 0) is 61.8 Å². The highest BCUT2D eigenvalue weighted by Gasteiger charge is 2.28. The van der Waals surface area contributed by atoms with E-state index in [2.05, 4.69) is 12.2 Å². The van der Waals surface area contributed by atoms with Gasteiger partial charge in [-0.1, -0.05) is 19.4 Å². The van der Waals surface area contributed by atoms with Crippen molar-refractivity contribution in [3.63, 3.8) is 0 Å². The molecule has 0 saturated heterocycles. The Balaban J connectivity index is 1.39. The lowest BCUT2D eigenvalue weighted by atomic mass is 9.98. The Morgan fingerprint density at radius 3 is 2.39 bits per heavy atom. The highest BCUT2D eigenvalue weighted by atomic mass is 16.8. The summed E-state index contributed by atoms with van der Waals surface area (Å²) >= 11 is 0. The van der Waals surface area contributed by atoms with E-state index in [1.54, 1.807) is 20.2 Å². The maximum atomic E-state index is 12.3. The molecule has 0 spiro atoms. The van der Waals surface area contributed by atoms with Crippen LogP contribution in [0.5, 0.6) is 23.0 Å². The molecule has 4 rings (SSSR count). The van der Waals surface area contributed by atoms with Crippen LogP contribution >= 0.6 is 0 Å². The fraction of sp³-hybridized carbons (Fsp3) is 0.517. The number of ether oxygens (including phenoxy) is 5. The second kappa shape index (κ2) is 12.8. The molecule has 2 aromatic carbocycles. The van der Waals surface area contributed by atoms with Crippen molar-refractivity contribution in [2.45, 2.75) is 64.6 Å². The van der Waals surface area contributed by atoms with Gasteiger partial charge in [0.1, 0.15) is 23.0 Å². The van der Waals surface area contributed by atoms with E-state index in [4.69, 9.17) is 28.8 Å². The molecule has 1 saturated carbocycles. The van der Waals surface area contributed by atoms with Crippen LogP contribution in [-0.4, -0.2) is 50.8 Å². The van der Waals surface area contributed by atoms with Crippen molar-refractivity contribution in [1.29, 1.82) is 0 Å². The van der Waals surface area contributed by atoms with E-state index < -0.39 is 12.4 Å². The number of aryl methyl sites for hydroxylation is 1. The van der Waals surface area contributed by atoms with E-state index in [1.165, 1.54) is 12.8 Å². The first-order chi connectivity index (χ1) is 18.4. The molecule has 1 unspecified atom stereocenters. The van der Waals surface area contributed by atoms with Crippen LogP contribution in [0.15, 0.2) is 24.3 Å². The molecule has 0 aromatic heterocycles. The topological polar surface area (TPSA) is 113 Å². The van der Waals surface area contributed by atoms with Crippen molar-refractivity contribution in [1.82, 2.24) is 5.32 Å². The summed E-state index contributed by atoms with van der Waals surface area (Å²) in [6.07, 6.45) is 4.48. The number of nitrogens with one attached hydrogen (secondary N) is 1. The molecule has 0 bridgehead atoms. The summed E-state index contributed by atoms with van der Waals surface area (Å²) in [5.41, 5.74) is 3.42. The van der Waals surface area contributed by atoms with Crippen molar-refractivity contribution < 1.29 is 38.4 Å². The van der Waals surface area contributed by atoms with Gasteiger partial charge < -0.3 is 34.1 Å². The molecule has 9 heteroatoms. The minimum atomic E-state index is -1.34. The Labute approximate surface area is 223 Å². The molecule has 1 fully saturated rings. The Bertz CT molecular complexity index is 1140. The Morgan fingerprint density at radius 1 is 1.05 bits per heavy atom. The fourth-order valence-corrected chi connectivity index (χ4v) is 4.80. The molecular formula is C29H37NO8. The van der Waals surface area contributed by atoms with Crippen molar-refractivity contribution in [3.05, 3.63) is 46.5 Å². The molecule has 206 valence electrons. The molecule has 1 aliphatic carbocycles. The zero-order valence-electron chi connectivity index (χ0n) is 22.3. The molecule has 9 nitrogen and oxygen atoms in total. The summed E-state index contributed by atoms with van der Waals surface area (Å²) in [6, 6.07) is 7.52. The van der Waals surface area contributed by atoms with Gasteiger partial charge in [0, 0.05) is 31.0 Å². The molecule has 2 aromatic rings. The van der Waals surface area contributed by atoms with Crippen LogP contribution in [0.25, 0.3) is 0 Å². The van der Waals surface area contributed by atoms with Crippen LogP contribution in [0.2, 0.25) is 0 Å². The third-order valence-electron chi connectivity index (χ3n) is 6.82. The quantitative estimate of drug-likeness (QED) is 0.272. The molecule has 1 aliphatic heterocycles. The summed E-state index contributed by atoms with van der Waals surface area (Å²) in [6.45, 7) is 2.96. The Kier molecular flexibility index (Phi) is 9.20. The van der Waals surface area contributed by atoms with Gasteiger partial charge in [0.2, 0.25) is 6.29 Å². The lowest BCUT2D eigenvalue weighted by molar-refractivity contribution is -0.0640. The predicted octanol–water partition coefficient (Wildman–Crippen LogP) is 5.15. The zero-order chi connectivity index (χ0) is 27.1. The normalized spacial score (nSPS) is 16.1. The second-order valence-corrected chi connectivity index (χ2v) is 9.65. The monoisotopic (exact) mass is 527 g/mol. The van der Waals surface area contributed by atoms with Crippen LogP contribution in [0.3, 0.4) is 0 Å². The SMILES string of the molecule is CCCc1c(OCCCOc2ccc(C(=O)NC)c(OC)c2CC2CC2)ccc2c1OC(OC(=O)O)CC2. The molecule has 2 aliphatic rings. The van der Waals surface area contributed by atoms with E-state index in [-0.39, 0.29) is 5.91 Å². The number of carbonyl (C=O) groups is 2. The van der Waals surface area contributed by atoms with Crippen molar-refractivity contribution in [3.8, 4) is 23.0 Å². The number of hydrogen-bond donors (Lipinski definition) is 2. The van der Waals surface area contributed by atoms with Gasteiger partial charge >= 0.3 is 6.16 Å². The van der Waals surface area contributed by atoms with E-state index in [1.807, 2.05) is 18.2 Å². The largest absolute Gasteiger partial charge is 0.508 e. The van der Waals surface area contributed by atoms with E-state index >= 15 is 0 Å². The molecule has 2 N–H and O–H groups in total. The third kappa shape index (κ3) is 6.62. The van der Waals surface area contributed by atoms with E-state index in [0.29, 0.717) is 55.5 Å². The minimum absolute atomic E-state index is 0.184. The lowest BCUT2D eigenvalue weighted by Crippen LogP contribution is -2.28. The van der Waals surface area contributed by atoms with Crippen molar-refractivity contribution in [2.75, 3.05) is 27.4 Å². The van der Waals surface area contributed by atoms with E-state index in [0.717, 1.165) is 47.5 Å². The fourth-order valence-electron chi connectivity index (χ4n) is 4.80. The maximum absolute atomic E-state index is 12.3. The molecule has 1 heterocycles. The molecule has 1 atom stereocenters. The lowest BCUT2D eigenvalue weighted by Gasteiger charge is -2.27. The number of carbonyl (C=O) groups excluding carboxylic acids is 1. The third-order valence-corrected chi connectivity index (χ3v) is 6.82. The first-order valence-electron chi connectivity index (χ1n) is 13.3. The van der Waals surface area contributed by atoms with Crippen LogP contribution in [0, 0.1) is 5.92 Å². The number of amides is 1. The minimum Gasteiger partial charge on any atom is -0.495 e. The van der Waals surface area contributed by atoms with Gasteiger partial charge in [-0.2, -0.15) is 0 Å². The van der Waals surface area contributed by atoms with Crippen molar-refractivity contribution in [2.24, 2.45) is 5.92 Å². The molecule has 0 radical (unpaired) electrons. The van der Waals surface area contributed by atoms with Crippen LogP contribution < -0.4 is 24.3 Å². The first kappa shape index (κ1) is 27.4. The Hall–Kier alpha value is -3.62. The summed E-state index contributed by atoms with van der Waals surface area (Å²) in [5, 5.41) is 11.6. The molecular weight excluding hydrogens is 490 g/mol. The number of benzene rings is 2. The molecule has 1 amide bonds. The van der Waals surface area contributed by atoms with Gasteiger partial charge in [0.25, 0.3) is 5.91 Å². The zero-order valence-corrected chi connectivity index (χ0v) is 22.3. The highest BCUT2D eigenvalue weighted by molar-refractivity contribution is 5.97. The average molecular weight is 528 g/mol. The van der Waals surface area contributed by atoms with Crippen LogP contribution in [0.4, 0.5) is 4.79 Å². The summed E-state index contributed by atoms with van der Waals surface area (Å²) in [5.74, 6) is 3.13. The summed E-state index contributed by atoms with van der Waals surface area (Å²) in [4.78, 5) is 23.3. The number of hydrogen-bond acceptors (Lipinski definition) is 7. The molecule has 38 heavy (non-hydrogen) atoms. The van der Waals surface area contributed by atoms with Gasteiger partial charge in [-0.15, -0.1) is 0 Å². The van der Waals surface area contributed by atoms with Gasteiger partial charge in [0.15, 0.2) is 0 Å².